The Hall–Kier alpha value is -2.38. The van der Waals surface area contributed by atoms with Crippen LogP contribution in [0, 0.1) is 17.8 Å². The summed E-state index contributed by atoms with van der Waals surface area (Å²) in [6.45, 7) is 19.7. The largest absolute Gasteiger partial charge is 0.459 e. The van der Waals surface area contributed by atoms with Crippen molar-refractivity contribution >= 4 is 16.9 Å². The minimum absolute atomic E-state index is 0.0709. The number of likely N-dealkylation sites (N-methyl/N-ethyl adjacent to an activating group) is 1. The summed E-state index contributed by atoms with van der Waals surface area (Å²) in [5, 5.41) is 48.5. The van der Waals surface area contributed by atoms with E-state index in [1.807, 2.05) is 78.0 Å². The minimum atomic E-state index is -1.84. The number of aryl methyl sites for hydroxylation is 1. The molecule has 15 heteroatoms. The molecule has 0 bridgehead atoms. The number of benzene rings is 1. The maximum atomic E-state index is 14.7. The lowest BCUT2D eigenvalue weighted by atomic mass is 9.77. The third kappa shape index (κ3) is 12.1. The molecule has 4 heterocycles. The fourth-order valence-corrected chi connectivity index (χ4v) is 10.9. The highest BCUT2D eigenvalue weighted by Crippen LogP contribution is 2.41. The topological polar surface area (TPSA) is 182 Å². The lowest BCUT2D eigenvalue weighted by Crippen LogP contribution is -2.61. The van der Waals surface area contributed by atoms with Crippen molar-refractivity contribution in [2.24, 2.45) is 17.8 Å². The van der Waals surface area contributed by atoms with E-state index in [0.717, 1.165) is 23.7 Å². The number of carbonyl (C=O) groups is 1. The summed E-state index contributed by atoms with van der Waals surface area (Å²) in [6, 6.07) is 9.34. The lowest BCUT2D eigenvalue weighted by molar-refractivity contribution is -0.319. The molecule has 3 saturated heterocycles. The summed E-state index contributed by atoms with van der Waals surface area (Å²) < 4.78 is 45.3. The molecular weight excluding hydrogens is 835 g/mol. The first kappa shape index (κ1) is 53.6. The van der Waals surface area contributed by atoms with Crippen molar-refractivity contribution < 1.29 is 58.4 Å². The predicted octanol–water partition coefficient (Wildman–Crippen LogP) is 5.11. The Bertz CT molecular complexity index is 1820. The number of aliphatic hydroxyl groups is 4. The molecule has 0 spiro atoms. The SMILES string of the molecule is CC[C@H]1OC(=O)[C@H](C)C(OC2C[C@@](C)(OC)C(O)[C@H](C)O2)[C@H](C)C(OC2O[C@H](C)CC(N(C)C)C2O)[C@](C)(OC)C[C@@H](C)CN(CCCc2ccnc3ccccc23)[C@H](C)C(O)[C@]1(C)O. The highest BCUT2D eigenvalue weighted by Gasteiger charge is 2.53. The molecule has 3 fully saturated rings. The molecule has 0 amide bonds. The van der Waals surface area contributed by atoms with E-state index >= 15 is 0 Å². The van der Waals surface area contributed by atoms with Gasteiger partial charge in [-0.2, -0.15) is 0 Å². The van der Waals surface area contributed by atoms with Gasteiger partial charge < -0.3 is 58.5 Å². The van der Waals surface area contributed by atoms with Gasteiger partial charge in [-0.25, -0.2) is 0 Å². The van der Waals surface area contributed by atoms with Crippen LogP contribution in [0.1, 0.15) is 107 Å². The van der Waals surface area contributed by atoms with Gasteiger partial charge in [0.15, 0.2) is 12.6 Å². The number of ether oxygens (including phenoxy) is 7. The first-order valence-corrected chi connectivity index (χ1v) is 23.9. The molecule has 0 saturated carbocycles. The minimum Gasteiger partial charge on any atom is -0.459 e. The van der Waals surface area contributed by atoms with Gasteiger partial charge in [-0.1, -0.05) is 39.0 Å². The van der Waals surface area contributed by atoms with Crippen LogP contribution in [0.15, 0.2) is 36.5 Å². The molecule has 3 aliphatic rings. The van der Waals surface area contributed by atoms with Gasteiger partial charge in [0.1, 0.15) is 30.0 Å². The van der Waals surface area contributed by atoms with E-state index < -0.39 is 96.0 Å². The first-order valence-electron chi connectivity index (χ1n) is 23.9. The Morgan fingerprint density at radius 2 is 1.58 bits per heavy atom. The van der Waals surface area contributed by atoms with E-state index in [-0.39, 0.29) is 30.9 Å². The summed E-state index contributed by atoms with van der Waals surface area (Å²) in [5.74, 6) is -2.35. The van der Waals surface area contributed by atoms with E-state index in [9.17, 15) is 25.2 Å². The highest BCUT2D eigenvalue weighted by molar-refractivity contribution is 5.81. The van der Waals surface area contributed by atoms with Crippen molar-refractivity contribution in [1.82, 2.24) is 14.8 Å². The Kier molecular flexibility index (Phi) is 18.4. The zero-order valence-electron chi connectivity index (χ0n) is 41.7. The van der Waals surface area contributed by atoms with E-state index in [1.54, 1.807) is 27.9 Å². The van der Waals surface area contributed by atoms with Crippen LogP contribution in [0.25, 0.3) is 10.9 Å². The van der Waals surface area contributed by atoms with Gasteiger partial charge in [0.05, 0.1) is 47.1 Å². The number of hydrogen-bond donors (Lipinski definition) is 4. The van der Waals surface area contributed by atoms with E-state index in [2.05, 4.69) is 28.9 Å². The normalized spacial score (nSPS) is 42.1. The molecule has 370 valence electrons. The van der Waals surface area contributed by atoms with Crippen LogP contribution in [-0.4, -0.2) is 173 Å². The molecular formula is C50H83N3O12. The van der Waals surface area contributed by atoms with Gasteiger partial charge in [-0.05, 0) is 125 Å². The molecule has 65 heavy (non-hydrogen) atoms. The predicted molar refractivity (Wildman–Crippen MR) is 248 cm³/mol. The second kappa shape index (κ2) is 22.4. The fraction of sp³-hybridized carbons (Fsp3) is 0.800. The Morgan fingerprint density at radius 3 is 2.23 bits per heavy atom. The van der Waals surface area contributed by atoms with E-state index in [4.69, 9.17) is 33.2 Å². The third-order valence-corrected chi connectivity index (χ3v) is 15.1. The zero-order valence-corrected chi connectivity index (χ0v) is 41.7. The molecule has 8 unspecified atom stereocenters. The number of esters is 1. The van der Waals surface area contributed by atoms with Crippen LogP contribution in [0.5, 0.6) is 0 Å². The fourth-order valence-electron chi connectivity index (χ4n) is 10.9. The van der Waals surface area contributed by atoms with Gasteiger partial charge in [-0.15, -0.1) is 0 Å². The van der Waals surface area contributed by atoms with Crippen molar-refractivity contribution in [1.29, 1.82) is 0 Å². The van der Waals surface area contributed by atoms with Crippen LogP contribution in [0.3, 0.4) is 0 Å². The second-order valence-electron chi connectivity index (χ2n) is 20.5. The third-order valence-electron chi connectivity index (χ3n) is 15.1. The van der Waals surface area contributed by atoms with Crippen molar-refractivity contribution in [3.05, 3.63) is 42.1 Å². The standard InChI is InChI=1S/C50H83N3O12/c1-15-39-50(10,58)43(55)33(6)53(24-18-19-35-22-23-51-37-21-17-16-20-36(35)37)28-29(2)26-49(9,60-14)45(65-47-41(54)38(52(11)12)25-30(3)61-47)31(4)42(32(5)46(57)63-39)64-40-27-48(8,59-13)44(56)34(7)62-40/h16-17,20-23,29-34,38-45,47,54-56,58H,15,18-19,24-28H2,1-14H3/t29-,30-,31+,32-,33-,34+,38?,39-,40?,41?,42?,43?,44?,45?,47?,48-,49-,50-/m1/s1. The van der Waals surface area contributed by atoms with Crippen molar-refractivity contribution in [2.45, 2.75) is 198 Å². The Labute approximate surface area is 388 Å². The van der Waals surface area contributed by atoms with Crippen molar-refractivity contribution in [3.63, 3.8) is 0 Å². The summed E-state index contributed by atoms with van der Waals surface area (Å²) in [6.07, 6.45) is -4.24. The molecule has 15 nitrogen and oxygen atoms in total. The number of pyridine rings is 1. The first-order chi connectivity index (χ1) is 30.5. The van der Waals surface area contributed by atoms with Crippen LogP contribution >= 0.6 is 0 Å². The van der Waals surface area contributed by atoms with Crippen molar-refractivity contribution in [2.75, 3.05) is 41.4 Å². The molecule has 2 aromatic rings. The molecule has 3 aliphatic heterocycles. The average molecular weight is 918 g/mol. The number of cyclic esters (lactones) is 1. The van der Waals surface area contributed by atoms with Crippen LogP contribution < -0.4 is 0 Å². The summed E-state index contributed by atoms with van der Waals surface area (Å²) >= 11 is 0. The van der Waals surface area contributed by atoms with Gasteiger partial charge in [-0.3, -0.25) is 14.7 Å². The van der Waals surface area contributed by atoms with Gasteiger partial charge in [0.2, 0.25) is 0 Å². The Balaban J connectivity index is 1.58. The van der Waals surface area contributed by atoms with Crippen LogP contribution in [-0.2, 0) is 44.4 Å². The van der Waals surface area contributed by atoms with Gasteiger partial charge in [0, 0.05) is 56.8 Å². The maximum absolute atomic E-state index is 14.7. The molecule has 18 atom stereocenters. The Morgan fingerprint density at radius 1 is 0.908 bits per heavy atom. The molecule has 1 aromatic heterocycles. The average Bonchev–Trinajstić information content (AvgIpc) is 3.27. The highest BCUT2D eigenvalue weighted by atomic mass is 16.7. The quantitative estimate of drug-likeness (QED) is 0.206. The number of rotatable bonds is 12. The monoisotopic (exact) mass is 918 g/mol. The number of methoxy groups -OCH3 is 2. The number of hydrogen-bond acceptors (Lipinski definition) is 15. The molecule has 0 aliphatic carbocycles. The van der Waals surface area contributed by atoms with Gasteiger partial charge >= 0.3 is 5.97 Å². The maximum Gasteiger partial charge on any atom is 0.311 e. The van der Waals surface area contributed by atoms with E-state index in [0.29, 0.717) is 25.9 Å². The molecule has 4 N–H and O–H groups in total. The number of carbonyl (C=O) groups excluding carboxylic acids is 1. The molecule has 1 aromatic carbocycles. The van der Waals surface area contributed by atoms with E-state index in [1.165, 1.54) is 19.6 Å². The van der Waals surface area contributed by atoms with Crippen LogP contribution in [0.4, 0.5) is 0 Å². The number of para-hydroxylation sites is 1. The smallest absolute Gasteiger partial charge is 0.311 e. The number of nitrogens with zero attached hydrogens (tertiary/aromatic N) is 3. The van der Waals surface area contributed by atoms with Crippen LogP contribution in [0.2, 0.25) is 0 Å². The number of aliphatic hydroxyl groups excluding tert-OH is 3. The lowest BCUT2D eigenvalue weighted by Gasteiger charge is -2.49. The second-order valence-corrected chi connectivity index (χ2v) is 20.5. The summed E-state index contributed by atoms with van der Waals surface area (Å²) in [5.41, 5.74) is -1.81. The molecule has 0 radical (unpaired) electrons. The summed E-state index contributed by atoms with van der Waals surface area (Å²) in [4.78, 5) is 23.4. The molecule has 5 rings (SSSR count). The zero-order chi connectivity index (χ0) is 48.2. The van der Waals surface area contributed by atoms with Gasteiger partial charge in [0.25, 0.3) is 0 Å². The number of aromatic nitrogens is 1. The number of fused-ring (bicyclic) bond motifs is 1. The van der Waals surface area contributed by atoms with Crippen molar-refractivity contribution in [3.8, 4) is 0 Å². The summed E-state index contributed by atoms with van der Waals surface area (Å²) in [7, 11) is 7.03.